The van der Waals surface area contributed by atoms with Gasteiger partial charge < -0.3 is 15.0 Å². The average molecular weight is 274 g/mol. The van der Waals surface area contributed by atoms with Crippen LogP contribution in [0, 0.1) is 0 Å². The van der Waals surface area contributed by atoms with Crippen LogP contribution in [0.3, 0.4) is 0 Å². The van der Waals surface area contributed by atoms with Crippen molar-refractivity contribution in [1.29, 1.82) is 0 Å². The van der Waals surface area contributed by atoms with Crippen molar-refractivity contribution in [3.8, 4) is 0 Å². The lowest BCUT2D eigenvalue weighted by atomic mass is 9.98. The Hall–Kier alpha value is -1.55. The molecule has 2 heterocycles. The number of likely N-dealkylation sites (tertiary alicyclic amines) is 1. The first-order chi connectivity index (χ1) is 9.72. The molecule has 3 rings (SSSR count). The third-order valence-corrected chi connectivity index (χ3v) is 4.32. The van der Waals surface area contributed by atoms with E-state index < -0.39 is 0 Å². The lowest BCUT2D eigenvalue weighted by Gasteiger charge is -2.28. The average Bonchev–Trinajstić information content (AvgIpc) is 2.85. The third kappa shape index (κ3) is 2.96. The Morgan fingerprint density at radius 3 is 2.90 bits per heavy atom. The first-order valence-electron chi connectivity index (χ1n) is 7.43. The van der Waals surface area contributed by atoms with Gasteiger partial charge in [-0.25, -0.2) is 0 Å². The van der Waals surface area contributed by atoms with Crippen LogP contribution in [0.2, 0.25) is 0 Å². The molecule has 108 valence electrons. The molecule has 4 nitrogen and oxygen atoms in total. The van der Waals surface area contributed by atoms with Gasteiger partial charge >= 0.3 is 5.97 Å². The van der Waals surface area contributed by atoms with Crippen LogP contribution in [0.1, 0.15) is 30.7 Å². The highest BCUT2D eigenvalue weighted by atomic mass is 16.5. The van der Waals surface area contributed by atoms with Crippen molar-refractivity contribution in [2.75, 3.05) is 32.0 Å². The second kappa shape index (κ2) is 5.83. The minimum absolute atomic E-state index is 0.0527. The number of nitrogens with one attached hydrogen (secondary N) is 1. The number of esters is 1. The van der Waals surface area contributed by atoms with Gasteiger partial charge in [0.2, 0.25) is 0 Å². The fourth-order valence-electron chi connectivity index (χ4n) is 3.08. The highest BCUT2D eigenvalue weighted by molar-refractivity contribution is 5.72. The molecule has 0 aliphatic carbocycles. The smallest absolute Gasteiger partial charge is 0.306 e. The van der Waals surface area contributed by atoms with Crippen LogP contribution >= 0.6 is 0 Å². The van der Waals surface area contributed by atoms with Crippen molar-refractivity contribution in [1.82, 2.24) is 4.90 Å². The maximum Gasteiger partial charge on any atom is 0.306 e. The number of para-hydroxylation sites is 1. The summed E-state index contributed by atoms with van der Waals surface area (Å²) in [6.07, 6.45) is 2.52. The van der Waals surface area contributed by atoms with Crippen LogP contribution in [0.15, 0.2) is 24.3 Å². The fourth-order valence-corrected chi connectivity index (χ4v) is 3.08. The second-order valence-electron chi connectivity index (χ2n) is 5.86. The quantitative estimate of drug-likeness (QED) is 0.858. The number of anilines is 1. The summed E-state index contributed by atoms with van der Waals surface area (Å²) in [4.78, 5) is 14.4. The Morgan fingerprint density at radius 1 is 1.35 bits per heavy atom. The van der Waals surface area contributed by atoms with Crippen LogP contribution in [0.25, 0.3) is 0 Å². The molecule has 0 radical (unpaired) electrons. The number of ether oxygens (including phenoxy) is 1. The molecule has 1 aromatic rings. The van der Waals surface area contributed by atoms with Crippen molar-refractivity contribution >= 4 is 11.7 Å². The summed E-state index contributed by atoms with van der Waals surface area (Å²) in [5.74, 6) is 0.202. The van der Waals surface area contributed by atoms with Gasteiger partial charge in [-0.05, 0) is 31.5 Å². The number of hydrogen-bond acceptors (Lipinski definition) is 4. The molecule has 0 saturated carbocycles. The first kappa shape index (κ1) is 13.4. The summed E-state index contributed by atoms with van der Waals surface area (Å²) < 4.78 is 5.62. The maximum atomic E-state index is 12.1. The van der Waals surface area contributed by atoms with Crippen LogP contribution in [0.5, 0.6) is 0 Å². The Labute approximate surface area is 120 Å². The molecule has 0 amide bonds. The summed E-state index contributed by atoms with van der Waals surface area (Å²) in [6, 6.07) is 8.21. The number of nitrogens with zero attached hydrogens (tertiary/aromatic N) is 1. The van der Waals surface area contributed by atoms with Crippen molar-refractivity contribution in [2.24, 2.45) is 0 Å². The van der Waals surface area contributed by atoms with Crippen molar-refractivity contribution < 1.29 is 9.53 Å². The summed E-state index contributed by atoms with van der Waals surface area (Å²) in [5.41, 5.74) is 2.40. The minimum Gasteiger partial charge on any atom is -0.462 e. The van der Waals surface area contributed by atoms with Gasteiger partial charge in [0.1, 0.15) is 6.10 Å². The molecule has 1 saturated heterocycles. The molecule has 20 heavy (non-hydrogen) atoms. The molecule has 4 heteroatoms. The van der Waals surface area contributed by atoms with Gasteiger partial charge in [-0.1, -0.05) is 18.2 Å². The van der Waals surface area contributed by atoms with Gasteiger partial charge in [0.05, 0.1) is 6.42 Å². The number of piperidine rings is 1. The Balaban J connectivity index is 1.53. The predicted molar refractivity (Wildman–Crippen MR) is 78.9 cm³/mol. The number of carbonyl (C=O) groups excluding carboxylic acids is 1. The van der Waals surface area contributed by atoms with Gasteiger partial charge in [0.25, 0.3) is 0 Å². The van der Waals surface area contributed by atoms with E-state index in [-0.39, 0.29) is 18.0 Å². The van der Waals surface area contributed by atoms with Gasteiger partial charge in [-0.2, -0.15) is 0 Å². The molecule has 0 bridgehead atoms. The molecule has 0 aromatic heterocycles. The zero-order valence-corrected chi connectivity index (χ0v) is 12.0. The van der Waals surface area contributed by atoms with Gasteiger partial charge in [-0.15, -0.1) is 0 Å². The maximum absolute atomic E-state index is 12.1. The van der Waals surface area contributed by atoms with Gasteiger partial charge in [0, 0.05) is 31.2 Å². The first-order valence-corrected chi connectivity index (χ1v) is 7.43. The number of benzene rings is 1. The molecular weight excluding hydrogens is 252 g/mol. The SMILES string of the molecule is CN1CCC(OC(=O)CC2CNc3ccccc32)CC1. The number of carbonyl (C=O) groups is 1. The van der Waals surface area contributed by atoms with E-state index in [4.69, 9.17) is 4.74 Å². The second-order valence-corrected chi connectivity index (χ2v) is 5.86. The predicted octanol–water partition coefficient (Wildman–Crippen LogP) is 2.22. The molecular formula is C16H22N2O2. The number of rotatable bonds is 3. The van der Waals surface area contributed by atoms with E-state index in [9.17, 15) is 4.79 Å². The lowest BCUT2D eigenvalue weighted by molar-refractivity contribution is -0.151. The minimum atomic E-state index is -0.0527. The molecule has 0 spiro atoms. The van der Waals surface area contributed by atoms with E-state index in [1.54, 1.807) is 0 Å². The monoisotopic (exact) mass is 274 g/mol. The molecule has 1 N–H and O–H groups in total. The van der Waals surface area contributed by atoms with Crippen molar-refractivity contribution in [3.05, 3.63) is 29.8 Å². The van der Waals surface area contributed by atoms with Crippen LogP contribution < -0.4 is 5.32 Å². The van der Waals surface area contributed by atoms with E-state index in [1.807, 2.05) is 12.1 Å². The largest absolute Gasteiger partial charge is 0.462 e. The fraction of sp³-hybridized carbons (Fsp3) is 0.562. The Kier molecular flexibility index (Phi) is 3.92. The topological polar surface area (TPSA) is 41.6 Å². The van der Waals surface area contributed by atoms with Crippen LogP contribution in [-0.4, -0.2) is 43.7 Å². The molecule has 1 unspecified atom stereocenters. The molecule has 2 aliphatic heterocycles. The van der Waals surface area contributed by atoms with Gasteiger partial charge in [-0.3, -0.25) is 4.79 Å². The van der Waals surface area contributed by atoms with Gasteiger partial charge in [0.15, 0.2) is 0 Å². The standard InChI is InChI=1S/C16H22N2O2/c1-18-8-6-13(7-9-18)20-16(19)10-12-11-17-15-5-3-2-4-14(12)15/h2-5,12-13,17H,6-11H2,1H3. The summed E-state index contributed by atoms with van der Waals surface area (Å²) in [7, 11) is 2.11. The zero-order chi connectivity index (χ0) is 13.9. The lowest BCUT2D eigenvalue weighted by Crippen LogP contribution is -2.35. The molecule has 1 aromatic carbocycles. The van der Waals surface area contributed by atoms with E-state index >= 15 is 0 Å². The van der Waals surface area contributed by atoms with Crippen molar-refractivity contribution in [2.45, 2.75) is 31.3 Å². The van der Waals surface area contributed by atoms with E-state index in [0.717, 1.165) is 38.2 Å². The Bertz CT molecular complexity index is 481. The van der Waals surface area contributed by atoms with E-state index in [0.29, 0.717) is 6.42 Å². The highest BCUT2D eigenvalue weighted by Gasteiger charge is 2.26. The summed E-state index contributed by atoms with van der Waals surface area (Å²) in [5, 5.41) is 3.35. The molecule has 1 atom stereocenters. The molecule has 2 aliphatic rings. The zero-order valence-electron chi connectivity index (χ0n) is 12.0. The third-order valence-electron chi connectivity index (χ3n) is 4.32. The van der Waals surface area contributed by atoms with Crippen LogP contribution in [0.4, 0.5) is 5.69 Å². The molecule has 1 fully saturated rings. The normalized spacial score (nSPS) is 23.1. The summed E-state index contributed by atoms with van der Waals surface area (Å²) >= 11 is 0. The van der Waals surface area contributed by atoms with Crippen molar-refractivity contribution in [3.63, 3.8) is 0 Å². The number of fused-ring (bicyclic) bond motifs is 1. The van der Waals surface area contributed by atoms with Crippen LogP contribution in [-0.2, 0) is 9.53 Å². The Morgan fingerprint density at radius 2 is 2.10 bits per heavy atom. The number of hydrogen-bond donors (Lipinski definition) is 1. The van der Waals surface area contributed by atoms with E-state index in [1.165, 1.54) is 5.56 Å². The summed E-state index contributed by atoms with van der Waals surface area (Å²) in [6.45, 7) is 2.87. The van der Waals surface area contributed by atoms with E-state index in [2.05, 4.69) is 29.4 Å². The highest BCUT2D eigenvalue weighted by Crippen LogP contribution is 2.33.